The van der Waals surface area contributed by atoms with Crippen LogP contribution in [0.2, 0.25) is 0 Å². The topological polar surface area (TPSA) is 98.3 Å². The van der Waals surface area contributed by atoms with Crippen LogP contribution >= 0.6 is 11.3 Å². The average molecular weight is 506 g/mol. The van der Waals surface area contributed by atoms with E-state index in [1.54, 1.807) is 43.2 Å². The molecule has 0 spiro atoms. The first-order valence-electron chi connectivity index (χ1n) is 11.2. The van der Waals surface area contributed by atoms with Crippen LogP contribution in [-0.2, 0) is 10.0 Å². The summed E-state index contributed by atoms with van der Waals surface area (Å²) in [6.45, 7) is 3.32. The lowest BCUT2D eigenvalue weighted by molar-refractivity contribution is 0.596. The molecule has 1 saturated heterocycles. The van der Waals surface area contributed by atoms with Crippen LogP contribution in [0.25, 0.3) is 21.9 Å². The predicted molar refractivity (Wildman–Crippen MR) is 140 cm³/mol. The van der Waals surface area contributed by atoms with E-state index in [2.05, 4.69) is 29.7 Å². The number of nitrogens with one attached hydrogen (secondary N) is 1. The van der Waals surface area contributed by atoms with Gasteiger partial charge in [-0.3, -0.25) is 9.29 Å². The summed E-state index contributed by atoms with van der Waals surface area (Å²) in [5, 5.41) is 3.72. The van der Waals surface area contributed by atoms with E-state index in [1.165, 1.54) is 15.6 Å². The quantitative estimate of drug-likeness (QED) is 0.389. The highest BCUT2D eigenvalue weighted by Gasteiger charge is 2.24. The molecule has 1 N–H and O–H groups in total. The van der Waals surface area contributed by atoms with Gasteiger partial charge in [-0.15, -0.1) is 11.3 Å². The zero-order valence-electron chi connectivity index (χ0n) is 19.0. The number of benzene rings is 1. The third kappa shape index (κ3) is 3.76. The van der Waals surface area contributed by atoms with E-state index in [0.717, 1.165) is 59.6 Å². The molecule has 0 radical (unpaired) electrons. The van der Waals surface area contributed by atoms with Crippen molar-refractivity contribution in [3.8, 4) is 0 Å². The number of hydrogen-bond acceptors (Lipinski definition) is 8. The van der Waals surface area contributed by atoms with Gasteiger partial charge >= 0.3 is 0 Å². The van der Waals surface area contributed by atoms with Crippen LogP contribution in [-0.4, -0.2) is 61.6 Å². The Bertz CT molecular complexity index is 1590. The van der Waals surface area contributed by atoms with Crippen molar-refractivity contribution in [1.29, 1.82) is 0 Å². The third-order valence-corrected chi connectivity index (χ3v) is 9.58. The summed E-state index contributed by atoms with van der Waals surface area (Å²) in [6, 6.07) is 11.1. The maximum absolute atomic E-state index is 13.1. The Morgan fingerprint density at radius 2 is 1.83 bits per heavy atom. The molecule has 0 amide bonds. The number of sulfonamides is 1. The Morgan fingerprint density at radius 3 is 2.57 bits per heavy atom. The van der Waals surface area contributed by atoms with Crippen LogP contribution < -0.4 is 14.1 Å². The molecular weight excluding hydrogens is 482 g/mol. The predicted octanol–water partition coefficient (Wildman–Crippen LogP) is 3.72. The number of aromatic amines is 1. The van der Waals surface area contributed by atoms with Gasteiger partial charge < -0.3 is 14.8 Å². The van der Waals surface area contributed by atoms with E-state index in [-0.39, 0.29) is 0 Å². The highest BCUT2D eigenvalue weighted by atomic mass is 32.2. The molecule has 1 fully saturated rings. The number of pyridine rings is 1. The zero-order chi connectivity index (χ0) is 24.0. The van der Waals surface area contributed by atoms with E-state index in [4.69, 9.17) is 0 Å². The Labute approximate surface area is 206 Å². The molecule has 0 atom stereocenters. The maximum atomic E-state index is 13.1. The van der Waals surface area contributed by atoms with Gasteiger partial charge in [0.2, 0.25) is 0 Å². The SMILES string of the molecule is CN(c1ccc2[nH]c3nccc(N4CCN(c5cnccn5)CC4)c3c2c1)S(=O)(=O)c1cccs1. The molecule has 6 rings (SSSR count). The van der Waals surface area contributed by atoms with E-state index < -0.39 is 10.0 Å². The van der Waals surface area contributed by atoms with Gasteiger partial charge in [-0.25, -0.2) is 18.4 Å². The summed E-state index contributed by atoms with van der Waals surface area (Å²) < 4.78 is 27.8. The summed E-state index contributed by atoms with van der Waals surface area (Å²) in [6.07, 6.45) is 7.01. The van der Waals surface area contributed by atoms with Gasteiger partial charge in [0, 0.05) is 62.7 Å². The number of nitrogens with zero attached hydrogens (tertiary/aromatic N) is 6. The van der Waals surface area contributed by atoms with Crippen LogP contribution in [0, 0.1) is 0 Å². The molecular formula is C24H23N7O2S2. The summed E-state index contributed by atoms with van der Waals surface area (Å²) in [4.78, 5) is 21.1. The van der Waals surface area contributed by atoms with Crippen molar-refractivity contribution >= 4 is 60.5 Å². The first-order chi connectivity index (χ1) is 17.0. The monoisotopic (exact) mass is 505 g/mol. The summed E-state index contributed by atoms with van der Waals surface area (Å²) in [5.74, 6) is 0.888. The van der Waals surface area contributed by atoms with Gasteiger partial charge in [-0.2, -0.15) is 0 Å². The highest BCUT2D eigenvalue weighted by Crippen LogP contribution is 2.36. The third-order valence-electron chi connectivity index (χ3n) is 6.42. The number of aromatic nitrogens is 4. The van der Waals surface area contributed by atoms with Crippen molar-refractivity contribution in [1.82, 2.24) is 19.9 Å². The fourth-order valence-corrected chi connectivity index (χ4v) is 6.91. The van der Waals surface area contributed by atoms with Crippen molar-refractivity contribution in [2.45, 2.75) is 4.21 Å². The number of H-pyrrole nitrogens is 1. The Kier molecular flexibility index (Phi) is 5.30. The lowest BCUT2D eigenvalue weighted by atomic mass is 10.1. The molecule has 35 heavy (non-hydrogen) atoms. The lowest BCUT2D eigenvalue weighted by Crippen LogP contribution is -2.46. The summed E-state index contributed by atoms with van der Waals surface area (Å²) in [7, 11) is -2.02. The van der Waals surface area contributed by atoms with Gasteiger partial charge in [0.05, 0.1) is 23.0 Å². The van der Waals surface area contributed by atoms with Gasteiger partial charge in [-0.1, -0.05) is 6.07 Å². The minimum absolute atomic E-state index is 0.322. The van der Waals surface area contributed by atoms with E-state index in [1.807, 2.05) is 30.5 Å². The zero-order valence-corrected chi connectivity index (χ0v) is 20.6. The molecule has 1 aliphatic rings. The number of rotatable bonds is 5. The first-order valence-corrected chi connectivity index (χ1v) is 13.5. The molecule has 1 aromatic carbocycles. The van der Waals surface area contributed by atoms with Crippen LogP contribution in [0.4, 0.5) is 17.2 Å². The molecule has 178 valence electrons. The molecule has 0 saturated carbocycles. The molecule has 0 unspecified atom stereocenters. The maximum Gasteiger partial charge on any atom is 0.273 e. The lowest BCUT2D eigenvalue weighted by Gasteiger charge is -2.36. The molecule has 5 aromatic rings. The minimum Gasteiger partial charge on any atom is -0.367 e. The van der Waals surface area contributed by atoms with Crippen LogP contribution in [0.5, 0.6) is 0 Å². The second kappa shape index (κ2) is 8.51. The molecule has 0 aliphatic carbocycles. The largest absolute Gasteiger partial charge is 0.367 e. The van der Waals surface area contributed by atoms with Gasteiger partial charge in [0.25, 0.3) is 10.0 Å². The van der Waals surface area contributed by atoms with Gasteiger partial charge in [-0.05, 0) is 35.7 Å². The Hall–Kier alpha value is -3.70. The van der Waals surface area contributed by atoms with Crippen LogP contribution in [0.3, 0.4) is 0 Å². The smallest absolute Gasteiger partial charge is 0.273 e. The van der Waals surface area contributed by atoms with Crippen molar-refractivity contribution in [2.24, 2.45) is 0 Å². The molecule has 9 nitrogen and oxygen atoms in total. The standard InChI is InChI=1S/C24H23N7O2S2/c1-29(35(32,33)22-3-2-14-34-22)17-4-5-19-18(15-17)23-20(6-7-27-24(23)28-19)30-10-12-31(13-11-30)21-16-25-8-9-26-21/h2-9,14-16H,10-13H2,1H3,(H,27,28). The van der Waals surface area contributed by atoms with Crippen LogP contribution in [0.15, 0.2) is 70.8 Å². The molecule has 0 bridgehead atoms. The van der Waals surface area contributed by atoms with Crippen LogP contribution in [0.1, 0.15) is 0 Å². The van der Waals surface area contributed by atoms with Gasteiger partial charge in [0.1, 0.15) is 15.7 Å². The number of anilines is 3. The average Bonchev–Trinajstić information content (AvgIpc) is 3.57. The second-order valence-corrected chi connectivity index (χ2v) is 11.5. The number of fused-ring (bicyclic) bond motifs is 3. The van der Waals surface area contributed by atoms with Crippen molar-refractivity contribution in [3.63, 3.8) is 0 Å². The summed E-state index contributed by atoms with van der Waals surface area (Å²) in [5.41, 5.74) is 3.40. The summed E-state index contributed by atoms with van der Waals surface area (Å²) >= 11 is 1.22. The Morgan fingerprint density at radius 1 is 1.00 bits per heavy atom. The number of thiophene rings is 1. The van der Waals surface area contributed by atoms with E-state index >= 15 is 0 Å². The fourth-order valence-electron chi connectivity index (χ4n) is 4.56. The fraction of sp³-hybridized carbons (Fsp3) is 0.208. The van der Waals surface area contributed by atoms with Crippen molar-refractivity contribution in [2.75, 3.05) is 47.3 Å². The molecule has 4 aromatic heterocycles. The second-order valence-electron chi connectivity index (χ2n) is 8.35. The van der Waals surface area contributed by atoms with Gasteiger partial charge in [0.15, 0.2) is 0 Å². The first kappa shape index (κ1) is 21.8. The molecule has 11 heteroatoms. The highest BCUT2D eigenvalue weighted by molar-refractivity contribution is 7.94. The van der Waals surface area contributed by atoms with Crippen molar-refractivity contribution < 1.29 is 8.42 Å². The van der Waals surface area contributed by atoms with E-state index in [9.17, 15) is 8.42 Å². The number of piperazine rings is 1. The molecule has 1 aliphatic heterocycles. The Balaban J connectivity index is 1.36. The number of hydrogen-bond donors (Lipinski definition) is 1. The molecule has 5 heterocycles. The van der Waals surface area contributed by atoms with E-state index in [0.29, 0.717) is 9.90 Å². The minimum atomic E-state index is -3.62. The van der Waals surface area contributed by atoms with Crippen molar-refractivity contribution in [3.05, 3.63) is 66.6 Å². The normalized spacial score (nSPS) is 14.7.